The number of benzene rings is 2. The number of rotatable bonds is 5. The van der Waals surface area contributed by atoms with E-state index >= 15 is 0 Å². The molecule has 4 rings (SSSR count). The number of aryl methyl sites for hydroxylation is 1. The van der Waals surface area contributed by atoms with Crippen molar-refractivity contribution in [2.75, 3.05) is 56.2 Å². The minimum atomic E-state index is -0.518. The zero-order chi connectivity index (χ0) is 21.1. The van der Waals surface area contributed by atoms with E-state index in [9.17, 15) is 9.90 Å². The second-order valence-electron chi connectivity index (χ2n) is 8.16. The molecule has 6 nitrogen and oxygen atoms in total. The average Bonchev–Trinajstić information content (AvgIpc) is 2.78. The number of piperazine rings is 1. The number of hydrogen-bond acceptors (Lipinski definition) is 5. The number of methoxy groups -OCH3 is 1. The summed E-state index contributed by atoms with van der Waals surface area (Å²) in [4.78, 5) is 18.4. The Balaban J connectivity index is 1.34. The lowest BCUT2D eigenvalue weighted by molar-refractivity contribution is -0.116. The van der Waals surface area contributed by atoms with E-state index in [4.69, 9.17) is 4.74 Å². The maximum Gasteiger partial charge on any atom is 0.223 e. The Hall–Kier alpha value is -2.57. The number of aliphatic hydroxyl groups is 1. The topological polar surface area (TPSA) is 56.2 Å². The summed E-state index contributed by atoms with van der Waals surface area (Å²) in [6.07, 6.45) is 1.41. The van der Waals surface area contributed by atoms with Gasteiger partial charge >= 0.3 is 0 Å². The van der Waals surface area contributed by atoms with E-state index in [0.29, 0.717) is 6.54 Å². The maximum atomic E-state index is 11.9. The van der Waals surface area contributed by atoms with Crippen LogP contribution < -0.4 is 14.5 Å². The van der Waals surface area contributed by atoms with Crippen LogP contribution in [0.3, 0.4) is 0 Å². The van der Waals surface area contributed by atoms with Crippen molar-refractivity contribution in [2.24, 2.45) is 0 Å². The molecule has 0 radical (unpaired) electrons. The van der Waals surface area contributed by atoms with Gasteiger partial charge in [-0.2, -0.15) is 0 Å². The zero-order valence-electron chi connectivity index (χ0n) is 17.9. The largest absolute Gasteiger partial charge is 0.497 e. The molecule has 30 heavy (non-hydrogen) atoms. The molecule has 2 aliphatic rings. The summed E-state index contributed by atoms with van der Waals surface area (Å²) in [5.41, 5.74) is 4.31. The molecule has 1 fully saturated rings. The molecule has 2 aromatic rings. The van der Waals surface area contributed by atoms with E-state index in [1.807, 2.05) is 29.2 Å². The highest BCUT2D eigenvalue weighted by atomic mass is 16.5. The van der Waals surface area contributed by atoms with Gasteiger partial charge in [0.2, 0.25) is 5.91 Å². The first-order chi connectivity index (χ1) is 14.5. The van der Waals surface area contributed by atoms with Crippen molar-refractivity contribution in [1.82, 2.24) is 4.90 Å². The molecule has 1 amide bonds. The monoisotopic (exact) mass is 409 g/mol. The molecular formula is C24H31N3O3. The first-order valence-corrected chi connectivity index (χ1v) is 10.8. The molecule has 0 spiro atoms. The van der Waals surface area contributed by atoms with E-state index < -0.39 is 6.10 Å². The van der Waals surface area contributed by atoms with E-state index in [-0.39, 0.29) is 5.91 Å². The van der Waals surface area contributed by atoms with Crippen molar-refractivity contribution < 1.29 is 14.6 Å². The number of nitrogens with zero attached hydrogens (tertiary/aromatic N) is 3. The molecule has 0 aliphatic carbocycles. The van der Waals surface area contributed by atoms with Gasteiger partial charge in [-0.25, -0.2) is 0 Å². The number of amides is 1. The Bertz CT molecular complexity index is 876. The van der Waals surface area contributed by atoms with Gasteiger partial charge in [-0.05, 0) is 54.3 Å². The molecule has 2 aliphatic heterocycles. The van der Waals surface area contributed by atoms with Gasteiger partial charge in [0.1, 0.15) is 5.75 Å². The second kappa shape index (κ2) is 9.06. The van der Waals surface area contributed by atoms with Crippen LogP contribution in [0.25, 0.3) is 0 Å². The van der Waals surface area contributed by atoms with Crippen LogP contribution in [0.5, 0.6) is 5.75 Å². The predicted molar refractivity (Wildman–Crippen MR) is 119 cm³/mol. The fourth-order valence-electron chi connectivity index (χ4n) is 4.48. The third-order valence-corrected chi connectivity index (χ3v) is 6.23. The van der Waals surface area contributed by atoms with Gasteiger partial charge in [-0.15, -0.1) is 0 Å². The molecule has 6 heteroatoms. The summed E-state index contributed by atoms with van der Waals surface area (Å²) in [7, 11) is 1.68. The highest BCUT2D eigenvalue weighted by molar-refractivity contribution is 5.92. The molecule has 2 heterocycles. The Morgan fingerprint density at radius 3 is 2.47 bits per heavy atom. The smallest absolute Gasteiger partial charge is 0.223 e. The SMILES string of the molecule is COc1ccc(N2CCN(C[C@@H](O)c3ccc4c(c3)CCCN4C(C)=O)CC2)cc1. The quantitative estimate of drug-likeness (QED) is 0.823. The Morgan fingerprint density at radius 1 is 1.07 bits per heavy atom. The first kappa shape index (κ1) is 20.7. The number of carbonyl (C=O) groups excluding carboxylic acids is 1. The summed E-state index contributed by atoms with van der Waals surface area (Å²) in [5, 5.41) is 10.8. The van der Waals surface area contributed by atoms with Gasteiger partial charge in [-0.1, -0.05) is 12.1 Å². The summed E-state index contributed by atoms with van der Waals surface area (Å²) in [6, 6.07) is 14.2. The summed E-state index contributed by atoms with van der Waals surface area (Å²) in [5.74, 6) is 0.955. The van der Waals surface area contributed by atoms with E-state index in [1.54, 1.807) is 14.0 Å². The van der Waals surface area contributed by atoms with Crippen molar-refractivity contribution in [3.8, 4) is 5.75 Å². The van der Waals surface area contributed by atoms with Gasteiger partial charge in [0.15, 0.2) is 0 Å². The number of carbonyl (C=O) groups is 1. The summed E-state index contributed by atoms with van der Waals surface area (Å²) in [6.45, 7) is 6.75. The van der Waals surface area contributed by atoms with Crippen molar-refractivity contribution in [3.63, 3.8) is 0 Å². The van der Waals surface area contributed by atoms with Crippen LogP contribution in [0.1, 0.15) is 30.6 Å². The van der Waals surface area contributed by atoms with Crippen LogP contribution >= 0.6 is 0 Å². The third kappa shape index (κ3) is 4.45. The number of ether oxygens (including phenoxy) is 1. The highest BCUT2D eigenvalue weighted by Crippen LogP contribution is 2.30. The number of β-amino-alcohol motifs (C(OH)–C–C–N with tert-alkyl or cyclic N) is 1. The number of anilines is 2. The van der Waals surface area contributed by atoms with Crippen LogP contribution in [0.4, 0.5) is 11.4 Å². The summed E-state index contributed by atoms with van der Waals surface area (Å²) < 4.78 is 5.24. The summed E-state index contributed by atoms with van der Waals surface area (Å²) >= 11 is 0. The van der Waals surface area contributed by atoms with E-state index in [1.165, 1.54) is 5.69 Å². The molecular weight excluding hydrogens is 378 g/mol. The number of fused-ring (bicyclic) bond motifs is 1. The van der Waals surface area contributed by atoms with Crippen LogP contribution in [0.2, 0.25) is 0 Å². The highest BCUT2D eigenvalue weighted by Gasteiger charge is 2.23. The maximum absolute atomic E-state index is 11.9. The van der Waals surface area contributed by atoms with Gasteiger partial charge in [-0.3, -0.25) is 9.69 Å². The minimum absolute atomic E-state index is 0.0824. The average molecular weight is 410 g/mol. The fraction of sp³-hybridized carbons (Fsp3) is 0.458. The van der Waals surface area contributed by atoms with Crippen LogP contribution in [0.15, 0.2) is 42.5 Å². The molecule has 1 atom stereocenters. The molecule has 0 aromatic heterocycles. The molecule has 1 saturated heterocycles. The van der Waals surface area contributed by atoms with Gasteiger partial charge in [0, 0.05) is 57.6 Å². The number of aliphatic hydroxyl groups excluding tert-OH is 1. The van der Waals surface area contributed by atoms with Gasteiger partial charge in [0.25, 0.3) is 0 Å². The minimum Gasteiger partial charge on any atom is -0.497 e. The Kier molecular flexibility index (Phi) is 6.25. The van der Waals surface area contributed by atoms with Crippen LogP contribution in [-0.2, 0) is 11.2 Å². The fourth-order valence-corrected chi connectivity index (χ4v) is 4.48. The molecule has 160 valence electrons. The molecule has 0 saturated carbocycles. The molecule has 0 unspecified atom stereocenters. The van der Waals surface area contributed by atoms with Crippen molar-refractivity contribution in [2.45, 2.75) is 25.9 Å². The molecule has 1 N–H and O–H groups in total. The Morgan fingerprint density at radius 2 is 1.80 bits per heavy atom. The van der Waals surface area contributed by atoms with Crippen molar-refractivity contribution in [1.29, 1.82) is 0 Å². The Labute approximate surface area is 178 Å². The van der Waals surface area contributed by atoms with Crippen molar-refractivity contribution in [3.05, 3.63) is 53.6 Å². The third-order valence-electron chi connectivity index (χ3n) is 6.23. The second-order valence-corrected chi connectivity index (χ2v) is 8.16. The standard InChI is InChI=1S/C24H31N3O3/c1-18(28)27-11-3-4-19-16-20(5-10-23(19)27)24(29)17-25-12-14-26(15-13-25)21-6-8-22(30-2)9-7-21/h5-10,16,24,29H,3-4,11-15,17H2,1-2H3/t24-/m1/s1. The van der Waals surface area contributed by atoms with Gasteiger partial charge < -0.3 is 19.6 Å². The lowest BCUT2D eigenvalue weighted by Crippen LogP contribution is -2.47. The van der Waals surface area contributed by atoms with Crippen LogP contribution in [0, 0.1) is 0 Å². The molecule has 0 bridgehead atoms. The van der Waals surface area contributed by atoms with Gasteiger partial charge in [0.05, 0.1) is 13.2 Å². The predicted octanol–water partition coefficient (Wildman–Crippen LogP) is 2.85. The normalized spacial score (nSPS) is 18.1. The lowest BCUT2D eigenvalue weighted by Gasteiger charge is -2.37. The molecule has 2 aromatic carbocycles. The zero-order valence-corrected chi connectivity index (χ0v) is 17.9. The first-order valence-electron chi connectivity index (χ1n) is 10.8. The number of hydrogen-bond donors (Lipinski definition) is 1. The van der Waals surface area contributed by atoms with E-state index in [0.717, 1.165) is 68.1 Å². The van der Waals surface area contributed by atoms with Crippen LogP contribution in [-0.4, -0.2) is 62.3 Å². The lowest BCUT2D eigenvalue weighted by atomic mass is 9.97. The van der Waals surface area contributed by atoms with E-state index in [2.05, 4.69) is 28.0 Å². The van der Waals surface area contributed by atoms with Crippen molar-refractivity contribution >= 4 is 17.3 Å².